The van der Waals surface area contributed by atoms with Gasteiger partial charge < -0.3 is 19.7 Å². The van der Waals surface area contributed by atoms with E-state index in [1.54, 1.807) is 29.2 Å². The first kappa shape index (κ1) is 27.6. The Bertz CT molecular complexity index is 828. The standard InChI is InChI=1S/C25H37N3O5S/c1-4-5-6-7-8-15-32-20-11-9-19(10-12-20)23(30)27-25(34)28-14-13-26-24(31)21(28)16-22(29)33-17-18(2)3/h9-12,18,21H,4-8,13-17H2,1-3H3,(H,26,31)(H,27,30,34). The molecule has 1 atom stereocenters. The molecule has 8 nitrogen and oxygen atoms in total. The van der Waals surface area contributed by atoms with E-state index in [-0.39, 0.29) is 35.9 Å². The van der Waals surface area contributed by atoms with Crippen molar-refractivity contribution in [2.24, 2.45) is 5.92 Å². The van der Waals surface area contributed by atoms with Crippen LogP contribution in [0.15, 0.2) is 24.3 Å². The number of piperazine rings is 1. The normalized spacial score (nSPS) is 15.6. The molecule has 1 saturated heterocycles. The summed E-state index contributed by atoms with van der Waals surface area (Å²) in [5.41, 5.74) is 0.423. The number of benzene rings is 1. The molecule has 0 saturated carbocycles. The smallest absolute Gasteiger partial charge is 0.308 e. The third kappa shape index (κ3) is 9.29. The summed E-state index contributed by atoms with van der Waals surface area (Å²) < 4.78 is 10.9. The van der Waals surface area contributed by atoms with Crippen LogP contribution in [0.1, 0.15) is 69.7 Å². The topological polar surface area (TPSA) is 97.0 Å². The van der Waals surface area contributed by atoms with Crippen LogP contribution in [0.2, 0.25) is 0 Å². The molecule has 1 fully saturated rings. The van der Waals surface area contributed by atoms with Crippen molar-refractivity contribution in [3.8, 4) is 5.75 Å². The van der Waals surface area contributed by atoms with Crippen LogP contribution < -0.4 is 15.4 Å². The zero-order valence-corrected chi connectivity index (χ0v) is 21.2. The van der Waals surface area contributed by atoms with Crippen LogP contribution in [0.5, 0.6) is 5.75 Å². The van der Waals surface area contributed by atoms with E-state index in [0.29, 0.717) is 31.0 Å². The average Bonchev–Trinajstić information content (AvgIpc) is 2.81. The summed E-state index contributed by atoms with van der Waals surface area (Å²) in [6, 6.07) is 6.04. The molecule has 188 valence electrons. The number of hydrogen-bond acceptors (Lipinski definition) is 6. The van der Waals surface area contributed by atoms with Gasteiger partial charge in [-0.1, -0.05) is 46.5 Å². The highest BCUT2D eigenvalue weighted by Crippen LogP contribution is 2.15. The Morgan fingerprint density at radius 3 is 2.56 bits per heavy atom. The van der Waals surface area contributed by atoms with Gasteiger partial charge in [0.1, 0.15) is 11.8 Å². The van der Waals surface area contributed by atoms with Crippen molar-refractivity contribution in [2.45, 2.75) is 65.3 Å². The van der Waals surface area contributed by atoms with Gasteiger partial charge in [-0.15, -0.1) is 0 Å². The van der Waals surface area contributed by atoms with Crippen molar-refractivity contribution >= 4 is 35.1 Å². The lowest BCUT2D eigenvalue weighted by Gasteiger charge is -2.36. The summed E-state index contributed by atoms with van der Waals surface area (Å²) in [5, 5.41) is 5.52. The molecular weight excluding hydrogens is 454 g/mol. The molecular formula is C25H37N3O5S. The van der Waals surface area contributed by atoms with Gasteiger partial charge in [-0.3, -0.25) is 19.7 Å². The molecule has 1 aromatic rings. The number of hydrogen-bond donors (Lipinski definition) is 2. The summed E-state index contributed by atoms with van der Waals surface area (Å²) in [4.78, 5) is 38.8. The molecule has 1 heterocycles. The molecule has 2 amide bonds. The molecule has 1 unspecified atom stereocenters. The first-order valence-corrected chi connectivity index (χ1v) is 12.5. The minimum Gasteiger partial charge on any atom is -0.494 e. The van der Waals surface area contributed by atoms with Crippen LogP contribution in [0, 0.1) is 5.92 Å². The van der Waals surface area contributed by atoms with Crippen molar-refractivity contribution in [3.63, 3.8) is 0 Å². The Kier molecular flexibility index (Phi) is 11.8. The van der Waals surface area contributed by atoms with Crippen molar-refractivity contribution in [1.82, 2.24) is 15.5 Å². The largest absolute Gasteiger partial charge is 0.494 e. The molecule has 0 spiro atoms. The molecule has 34 heavy (non-hydrogen) atoms. The molecule has 0 aliphatic carbocycles. The van der Waals surface area contributed by atoms with Gasteiger partial charge in [0, 0.05) is 18.7 Å². The fourth-order valence-electron chi connectivity index (χ4n) is 3.48. The second kappa shape index (κ2) is 14.6. The van der Waals surface area contributed by atoms with Crippen LogP contribution in [0.25, 0.3) is 0 Å². The van der Waals surface area contributed by atoms with Crippen LogP contribution in [-0.2, 0) is 14.3 Å². The van der Waals surface area contributed by atoms with Crippen molar-refractivity contribution in [1.29, 1.82) is 0 Å². The van der Waals surface area contributed by atoms with Crippen LogP contribution in [-0.4, -0.2) is 60.1 Å². The monoisotopic (exact) mass is 491 g/mol. The predicted molar refractivity (Wildman–Crippen MR) is 135 cm³/mol. The first-order valence-electron chi connectivity index (χ1n) is 12.1. The van der Waals surface area contributed by atoms with E-state index >= 15 is 0 Å². The van der Waals surface area contributed by atoms with Gasteiger partial charge in [0.05, 0.1) is 19.6 Å². The first-order chi connectivity index (χ1) is 16.3. The third-order valence-corrected chi connectivity index (χ3v) is 5.72. The van der Waals surface area contributed by atoms with E-state index in [1.807, 2.05) is 13.8 Å². The highest BCUT2D eigenvalue weighted by molar-refractivity contribution is 7.80. The number of amides is 2. The second-order valence-corrected chi connectivity index (χ2v) is 9.21. The van der Waals surface area contributed by atoms with E-state index in [1.165, 1.54) is 19.3 Å². The molecule has 1 aromatic carbocycles. The highest BCUT2D eigenvalue weighted by Gasteiger charge is 2.34. The summed E-state index contributed by atoms with van der Waals surface area (Å²) in [5.74, 6) is -0.273. The van der Waals surface area contributed by atoms with Gasteiger partial charge in [-0.25, -0.2) is 0 Å². The van der Waals surface area contributed by atoms with Gasteiger partial charge in [-0.05, 0) is 48.8 Å². The number of nitrogens with zero attached hydrogens (tertiary/aromatic N) is 1. The molecule has 0 bridgehead atoms. The number of unbranched alkanes of at least 4 members (excludes halogenated alkanes) is 4. The Morgan fingerprint density at radius 2 is 1.88 bits per heavy atom. The van der Waals surface area contributed by atoms with Gasteiger partial charge in [0.15, 0.2) is 5.11 Å². The van der Waals surface area contributed by atoms with Crippen molar-refractivity contribution in [2.75, 3.05) is 26.3 Å². The number of nitrogens with one attached hydrogen (secondary N) is 2. The lowest BCUT2D eigenvalue weighted by molar-refractivity contribution is -0.148. The maximum atomic E-state index is 12.7. The number of thiocarbonyl (C=S) groups is 1. The summed E-state index contributed by atoms with van der Waals surface area (Å²) in [6.45, 7) is 7.75. The zero-order chi connectivity index (χ0) is 24.9. The Morgan fingerprint density at radius 1 is 1.18 bits per heavy atom. The van der Waals surface area contributed by atoms with Gasteiger partial charge in [0.2, 0.25) is 5.91 Å². The van der Waals surface area contributed by atoms with E-state index in [2.05, 4.69) is 17.6 Å². The van der Waals surface area contributed by atoms with E-state index in [9.17, 15) is 14.4 Å². The Labute approximate surface area is 207 Å². The lowest BCUT2D eigenvalue weighted by Crippen LogP contribution is -2.60. The second-order valence-electron chi connectivity index (χ2n) is 8.83. The summed E-state index contributed by atoms with van der Waals surface area (Å²) in [6.07, 6.45) is 5.69. The van der Waals surface area contributed by atoms with Crippen molar-refractivity contribution < 1.29 is 23.9 Å². The number of carbonyl (C=O) groups excluding carboxylic acids is 3. The Hall–Kier alpha value is -2.68. The predicted octanol–water partition coefficient (Wildman–Crippen LogP) is 3.44. The molecule has 2 rings (SSSR count). The average molecular weight is 492 g/mol. The molecule has 0 aromatic heterocycles. The molecule has 9 heteroatoms. The summed E-state index contributed by atoms with van der Waals surface area (Å²) in [7, 11) is 0. The van der Waals surface area contributed by atoms with Gasteiger partial charge in [-0.2, -0.15) is 0 Å². The molecule has 1 aliphatic rings. The van der Waals surface area contributed by atoms with E-state index in [4.69, 9.17) is 21.7 Å². The van der Waals surface area contributed by atoms with Crippen LogP contribution >= 0.6 is 12.2 Å². The minimum absolute atomic E-state index is 0.105. The van der Waals surface area contributed by atoms with Crippen molar-refractivity contribution in [3.05, 3.63) is 29.8 Å². The van der Waals surface area contributed by atoms with E-state index < -0.39 is 12.0 Å². The van der Waals surface area contributed by atoms with Crippen LogP contribution in [0.4, 0.5) is 0 Å². The van der Waals surface area contributed by atoms with Crippen LogP contribution in [0.3, 0.4) is 0 Å². The highest BCUT2D eigenvalue weighted by atomic mass is 32.1. The number of rotatable bonds is 12. The quantitative estimate of drug-likeness (QED) is 0.263. The maximum absolute atomic E-state index is 12.7. The fourth-order valence-corrected chi connectivity index (χ4v) is 3.79. The minimum atomic E-state index is -0.825. The van der Waals surface area contributed by atoms with Gasteiger partial charge >= 0.3 is 5.97 Å². The number of carbonyl (C=O) groups is 3. The molecule has 0 radical (unpaired) electrons. The number of ether oxygens (including phenoxy) is 2. The van der Waals surface area contributed by atoms with E-state index in [0.717, 1.165) is 12.8 Å². The SMILES string of the molecule is CCCCCCCOc1ccc(C(=O)NC(=S)N2CCNC(=O)C2CC(=O)OCC(C)C)cc1. The zero-order valence-electron chi connectivity index (χ0n) is 20.4. The maximum Gasteiger partial charge on any atom is 0.308 e. The molecule has 1 aliphatic heterocycles. The third-order valence-electron chi connectivity index (χ3n) is 5.38. The summed E-state index contributed by atoms with van der Waals surface area (Å²) >= 11 is 5.40. The Balaban J connectivity index is 1.88. The molecule has 2 N–H and O–H groups in total. The number of esters is 1. The van der Waals surface area contributed by atoms with Gasteiger partial charge in [0.25, 0.3) is 5.91 Å². The lowest BCUT2D eigenvalue weighted by atomic mass is 10.1. The fraction of sp³-hybridized carbons (Fsp3) is 0.600.